The number of carbonyl (C=O) groups excluding carboxylic acids is 2. The molecule has 2 amide bonds. The molecule has 2 aromatic carbocycles. The van der Waals surface area contributed by atoms with Crippen LogP contribution in [0.15, 0.2) is 42.5 Å². The standard InChI is InChI=1S/C17H16Cl2N2O2/c1-2-9-20-16(22)12-5-3-4-6-15(12)21-17(23)13-10-11(18)7-8-14(13)19/h3-8,10H,2,9H2,1H3,(H,20,22)(H,21,23). The van der Waals surface area contributed by atoms with Crippen molar-refractivity contribution >= 4 is 40.7 Å². The predicted octanol–water partition coefficient (Wildman–Crippen LogP) is 4.39. The molecule has 2 rings (SSSR count). The molecule has 120 valence electrons. The number of carbonyl (C=O) groups is 2. The summed E-state index contributed by atoms with van der Waals surface area (Å²) in [6, 6.07) is 11.4. The van der Waals surface area contributed by atoms with Gasteiger partial charge in [-0.05, 0) is 36.8 Å². The second kappa shape index (κ2) is 7.99. The van der Waals surface area contributed by atoms with Gasteiger partial charge in [-0.25, -0.2) is 0 Å². The summed E-state index contributed by atoms with van der Waals surface area (Å²) in [7, 11) is 0. The van der Waals surface area contributed by atoms with E-state index in [4.69, 9.17) is 23.2 Å². The largest absolute Gasteiger partial charge is 0.352 e. The summed E-state index contributed by atoms with van der Waals surface area (Å²) in [5.41, 5.74) is 1.07. The Balaban J connectivity index is 2.24. The second-order valence-electron chi connectivity index (χ2n) is 4.88. The Morgan fingerprint density at radius 2 is 1.74 bits per heavy atom. The molecule has 0 spiro atoms. The summed E-state index contributed by atoms with van der Waals surface area (Å²) in [5, 5.41) is 6.20. The molecule has 0 fully saturated rings. The van der Waals surface area contributed by atoms with E-state index >= 15 is 0 Å². The highest BCUT2D eigenvalue weighted by Gasteiger charge is 2.15. The van der Waals surface area contributed by atoms with Crippen LogP contribution in [0.5, 0.6) is 0 Å². The average Bonchev–Trinajstić information content (AvgIpc) is 2.55. The molecule has 0 saturated carbocycles. The maximum Gasteiger partial charge on any atom is 0.257 e. The molecule has 6 heteroatoms. The van der Waals surface area contributed by atoms with Crippen LogP contribution in [-0.2, 0) is 0 Å². The minimum atomic E-state index is -0.423. The number of amides is 2. The SMILES string of the molecule is CCCNC(=O)c1ccccc1NC(=O)c1cc(Cl)ccc1Cl. The fourth-order valence-corrected chi connectivity index (χ4v) is 2.36. The van der Waals surface area contributed by atoms with Crippen LogP contribution in [0.2, 0.25) is 10.0 Å². The third kappa shape index (κ3) is 4.47. The molecular formula is C17H16Cl2N2O2. The van der Waals surface area contributed by atoms with Crippen molar-refractivity contribution in [3.8, 4) is 0 Å². The topological polar surface area (TPSA) is 58.2 Å². The molecule has 0 aromatic heterocycles. The van der Waals surface area contributed by atoms with Crippen LogP contribution in [-0.4, -0.2) is 18.4 Å². The Labute approximate surface area is 144 Å². The van der Waals surface area contributed by atoms with E-state index < -0.39 is 5.91 Å². The average molecular weight is 351 g/mol. The van der Waals surface area contributed by atoms with Gasteiger partial charge in [0.25, 0.3) is 11.8 Å². The summed E-state index contributed by atoms with van der Waals surface area (Å²) in [4.78, 5) is 24.5. The van der Waals surface area contributed by atoms with Gasteiger partial charge in [0.05, 0.1) is 21.8 Å². The number of rotatable bonds is 5. The van der Waals surface area contributed by atoms with Crippen LogP contribution >= 0.6 is 23.2 Å². The minimum absolute atomic E-state index is 0.236. The fraction of sp³-hybridized carbons (Fsp3) is 0.176. The normalized spacial score (nSPS) is 10.2. The zero-order valence-electron chi connectivity index (χ0n) is 12.5. The Morgan fingerprint density at radius 1 is 1.00 bits per heavy atom. The molecule has 0 bridgehead atoms. The van der Waals surface area contributed by atoms with Gasteiger partial charge >= 0.3 is 0 Å². The highest BCUT2D eigenvalue weighted by atomic mass is 35.5. The van der Waals surface area contributed by atoms with E-state index in [1.165, 1.54) is 6.07 Å². The van der Waals surface area contributed by atoms with Crippen LogP contribution in [0.25, 0.3) is 0 Å². The van der Waals surface area contributed by atoms with Crippen LogP contribution in [0.4, 0.5) is 5.69 Å². The van der Waals surface area contributed by atoms with E-state index in [0.717, 1.165) is 6.42 Å². The molecule has 4 nitrogen and oxygen atoms in total. The quantitative estimate of drug-likeness (QED) is 0.840. The number of hydrogen-bond donors (Lipinski definition) is 2. The van der Waals surface area contributed by atoms with Gasteiger partial charge in [0.2, 0.25) is 0 Å². The maximum atomic E-state index is 12.4. The first kappa shape index (κ1) is 17.3. The first-order chi connectivity index (χ1) is 11.0. The second-order valence-corrected chi connectivity index (χ2v) is 5.72. The lowest BCUT2D eigenvalue weighted by Crippen LogP contribution is -2.25. The van der Waals surface area contributed by atoms with Gasteiger partial charge in [0.1, 0.15) is 0 Å². The zero-order chi connectivity index (χ0) is 16.8. The van der Waals surface area contributed by atoms with E-state index in [1.807, 2.05) is 6.92 Å². The summed E-state index contributed by atoms with van der Waals surface area (Å²) in [5.74, 6) is -0.659. The lowest BCUT2D eigenvalue weighted by molar-refractivity contribution is 0.0954. The Morgan fingerprint density at radius 3 is 2.48 bits per heavy atom. The number of para-hydroxylation sites is 1. The highest BCUT2D eigenvalue weighted by Crippen LogP contribution is 2.23. The number of anilines is 1. The lowest BCUT2D eigenvalue weighted by Gasteiger charge is -2.12. The molecule has 0 aliphatic carbocycles. The van der Waals surface area contributed by atoms with Gasteiger partial charge in [-0.15, -0.1) is 0 Å². The van der Waals surface area contributed by atoms with Gasteiger partial charge in [-0.3, -0.25) is 9.59 Å². The molecule has 0 unspecified atom stereocenters. The fourth-order valence-electron chi connectivity index (χ4n) is 1.99. The van der Waals surface area contributed by atoms with Gasteiger partial charge in [0, 0.05) is 11.6 Å². The van der Waals surface area contributed by atoms with Gasteiger partial charge < -0.3 is 10.6 Å². The molecule has 0 heterocycles. The molecule has 0 saturated heterocycles. The minimum Gasteiger partial charge on any atom is -0.352 e. The van der Waals surface area contributed by atoms with E-state index in [2.05, 4.69) is 10.6 Å². The zero-order valence-corrected chi connectivity index (χ0v) is 14.0. The van der Waals surface area contributed by atoms with Crippen molar-refractivity contribution in [2.45, 2.75) is 13.3 Å². The molecule has 0 radical (unpaired) electrons. The van der Waals surface area contributed by atoms with Crippen molar-refractivity contribution in [2.24, 2.45) is 0 Å². The molecule has 0 aliphatic heterocycles. The molecule has 0 aliphatic rings. The number of benzene rings is 2. The number of halogens is 2. The van der Waals surface area contributed by atoms with E-state index in [9.17, 15) is 9.59 Å². The van der Waals surface area contributed by atoms with E-state index in [0.29, 0.717) is 27.8 Å². The van der Waals surface area contributed by atoms with Crippen molar-refractivity contribution in [2.75, 3.05) is 11.9 Å². The Kier molecular flexibility index (Phi) is 6.02. The van der Waals surface area contributed by atoms with Gasteiger partial charge in [0.15, 0.2) is 0 Å². The molecule has 2 N–H and O–H groups in total. The Bertz CT molecular complexity index is 732. The van der Waals surface area contributed by atoms with Crippen LogP contribution in [0.1, 0.15) is 34.1 Å². The molecule has 2 aromatic rings. The van der Waals surface area contributed by atoms with Crippen molar-refractivity contribution < 1.29 is 9.59 Å². The predicted molar refractivity (Wildman–Crippen MR) is 93.5 cm³/mol. The molecule has 23 heavy (non-hydrogen) atoms. The van der Waals surface area contributed by atoms with Crippen molar-refractivity contribution in [3.05, 3.63) is 63.6 Å². The molecular weight excluding hydrogens is 335 g/mol. The van der Waals surface area contributed by atoms with Crippen molar-refractivity contribution in [1.82, 2.24) is 5.32 Å². The van der Waals surface area contributed by atoms with Crippen LogP contribution in [0, 0.1) is 0 Å². The smallest absolute Gasteiger partial charge is 0.257 e. The highest BCUT2D eigenvalue weighted by molar-refractivity contribution is 6.36. The number of hydrogen-bond acceptors (Lipinski definition) is 2. The summed E-state index contributed by atoms with van der Waals surface area (Å²) in [6.45, 7) is 2.54. The van der Waals surface area contributed by atoms with Crippen LogP contribution < -0.4 is 10.6 Å². The molecule has 0 atom stereocenters. The summed E-state index contributed by atoms with van der Waals surface area (Å²) < 4.78 is 0. The summed E-state index contributed by atoms with van der Waals surface area (Å²) >= 11 is 11.9. The monoisotopic (exact) mass is 350 g/mol. The first-order valence-electron chi connectivity index (χ1n) is 7.16. The summed E-state index contributed by atoms with van der Waals surface area (Å²) in [6.07, 6.45) is 0.832. The lowest BCUT2D eigenvalue weighted by atomic mass is 10.1. The third-order valence-electron chi connectivity index (χ3n) is 3.13. The van der Waals surface area contributed by atoms with Gasteiger partial charge in [-0.2, -0.15) is 0 Å². The maximum absolute atomic E-state index is 12.4. The number of nitrogens with one attached hydrogen (secondary N) is 2. The van der Waals surface area contributed by atoms with E-state index in [-0.39, 0.29) is 11.5 Å². The Hall–Kier alpha value is -2.04. The van der Waals surface area contributed by atoms with Crippen LogP contribution in [0.3, 0.4) is 0 Å². The van der Waals surface area contributed by atoms with Crippen molar-refractivity contribution in [1.29, 1.82) is 0 Å². The first-order valence-corrected chi connectivity index (χ1v) is 7.92. The van der Waals surface area contributed by atoms with E-state index in [1.54, 1.807) is 36.4 Å². The third-order valence-corrected chi connectivity index (χ3v) is 3.69. The van der Waals surface area contributed by atoms with Gasteiger partial charge in [-0.1, -0.05) is 42.3 Å². The van der Waals surface area contributed by atoms with Crippen molar-refractivity contribution in [3.63, 3.8) is 0 Å².